The first-order valence-electron chi connectivity index (χ1n) is 9.47. The van der Waals surface area contributed by atoms with E-state index < -0.39 is 0 Å². The van der Waals surface area contributed by atoms with Gasteiger partial charge in [-0.25, -0.2) is 0 Å². The van der Waals surface area contributed by atoms with Crippen molar-refractivity contribution in [2.75, 3.05) is 5.32 Å². The largest absolute Gasteiger partial charge is 0.457 e. The van der Waals surface area contributed by atoms with Crippen molar-refractivity contribution >= 4 is 5.69 Å². The number of benzene rings is 3. The second-order valence-corrected chi connectivity index (χ2v) is 7.41. The third-order valence-electron chi connectivity index (χ3n) is 6.15. The molecule has 1 N–H and O–H groups in total. The Labute approximate surface area is 158 Å². The third kappa shape index (κ3) is 1.85. The highest BCUT2D eigenvalue weighted by Crippen LogP contribution is 2.60. The summed E-state index contributed by atoms with van der Waals surface area (Å²) in [7, 11) is 0. The lowest BCUT2D eigenvalue weighted by atomic mass is 9.56. The minimum absolute atomic E-state index is 0.240. The lowest BCUT2D eigenvalue weighted by Crippen LogP contribution is -2.50. The molecule has 1 aliphatic carbocycles. The highest BCUT2D eigenvalue weighted by atomic mass is 16.5. The van der Waals surface area contributed by atoms with Crippen molar-refractivity contribution in [1.82, 2.24) is 0 Å². The first-order valence-corrected chi connectivity index (χ1v) is 9.47. The van der Waals surface area contributed by atoms with E-state index >= 15 is 0 Å². The average molecular weight is 349 g/mol. The molecule has 3 aromatic rings. The first kappa shape index (κ1) is 14.9. The number of rotatable bonds is 0. The predicted molar refractivity (Wildman–Crippen MR) is 108 cm³/mol. The maximum absolute atomic E-state index is 6.34. The van der Waals surface area contributed by atoms with Crippen LogP contribution in [0.4, 0.5) is 5.69 Å². The van der Waals surface area contributed by atoms with Crippen LogP contribution in [0.3, 0.4) is 0 Å². The van der Waals surface area contributed by atoms with Gasteiger partial charge in [-0.05, 0) is 23.8 Å². The maximum atomic E-state index is 6.34. The summed E-state index contributed by atoms with van der Waals surface area (Å²) in [6.07, 6.45) is 8.96. The van der Waals surface area contributed by atoms with E-state index in [0.717, 1.165) is 11.5 Å². The Bertz CT molecular complexity index is 1070. The average Bonchev–Trinajstić information content (AvgIpc) is 2.73. The fraction of sp³-hybridized carbons (Fsp3) is 0.120. The summed E-state index contributed by atoms with van der Waals surface area (Å²) in [5.74, 6) is 2.17. The minimum atomic E-state index is -0.279. The zero-order valence-corrected chi connectivity index (χ0v) is 14.8. The molecule has 1 spiro atoms. The third-order valence-corrected chi connectivity index (χ3v) is 6.15. The summed E-state index contributed by atoms with van der Waals surface area (Å²) in [5.41, 5.74) is 4.72. The van der Waals surface area contributed by atoms with Gasteiger partial charge in [0.25, 0.3) is 0 Å². The van der Waals surface area contributed by atoms with Crippen LogP contribution in [0.5, 0.6) is 11.5 Å². The monoisotopic (exact) mass is 349 g/mol. The van der Waals surface area contributed by atoms with Gasteiger partial charge in [-0.15, -0.1) is 0 Å². The molecule has 2 unspecified atom stereocenters. The molecule has 27 heavy (non-hydrogen) atoms. The second-order valence-electron chi connectivity index (χ2n) is 7.41. The van der Waals surface area contributed by atoms with Crippen LogP contribution in [0, 0.1) is 5.92 Å². The first-order chi connectivity index (χ1) is 13.4. The van der Waals surface area contributed by atoms with Crippen LogP contribution in [0.2, 0.25) is 0 Å². The number of hydrogen-bond acceptors (Lipinski definition) is 2. The number of ether oxygens (including phenoxy) is 1. The molecule has 2 heteroatoms. The molecule has 130 valence electrons. The normalized spacial score (nSPS) is 22.7. The van der Waals surface area contributed by atoms with E-state index in [1.165, 1.54) is 22.4 Å². The molecule has 0 saturated heterocycles. The van der Waals surface area contributed by atoms with Gasteiger partial charge in [0, 0.05) is 22.7 Å². The molecule has 0 radical (unpaired) electrons. The van der Waals surface area contributed by atoms with E-state index in [0.29, 0.717) is 0 Å². The van der Waals surface area contributed by atoms with Gasteiger partial charge in [-0.1, -0.05) is 78.9 Å². The van der Waals surface area contributed by atoms with Crippen molar-refractivity contribution in [3.63, 3.8) is 0 Å². The van der Waals surface area contributed by atoms with Crippen LogP contribution in [0.1, 0.15) is 16.7 Å². The van der Waals surface area contributed by atoms with Crippen LogP contribution >= 0.6 is 0 Å². The van der Waals surface area contributed by atoms with Crippen molar-refractivity contribution in [2.45, 2.75) is 11.5 Å². The van der Waals surface area contributed by atoms with Gasteiger partial charge in [-0.2, -0.15) is 0 Å². The number of anilines is 1. The van der Waals surface area contributed by atoms with Gasteiger partial charge in [-0.3, -0.25) is 0 Å². The number of allylic oxidation sites excluding steroid dienone is 2. The fourth-order valence-electron chi connectivity index (χ4n) is 5.15. The Morgan fingerprint density at radius 1 is 0.667 bits per heavy atom. The quantitative estimate of drug-likeness (QED) is 0.565. The number of para-hydroxylation sites is 3. The van der Waals surface area contributed by atoms with Crippen LogP contribution in [-0.4, -0.2) is 6.04 Å². The molecule has 2 nitrogen and oxygen atoms in total. The molecule has 0 amide bonds. The van der Waals surface area contributed by atoms with E-state index in [1.807, 2.05) is 0 Å². The molecule has 0 saturated carbocycles. The Balaban J connectivity index is 1.79. The van der Waals surface area contributed by atoms with Crippen LogP contribution in [0.15, 0.2) is 97.1 Å². The molecule has 6 rings (SSSR count). The molecule has 3 aliphatic rings. The Morgan fingerprint density at radius 2 is 1.26 bits per heavy atom. The summed E-state index contributed by atoms with van der Waals surface area (Å²) in [6.45, 7) is 0. The van der Waals surface area contributed by atoms with E-state index in [2.05, 4.69) is 102 Å². The van der Waals surface area contributed by atoms with Gasteiger partial charge in [0.15, 0.2) is 0 Å². The number of nitrogens with one attached hydrogen (secondary N) is 1. The van der Waals surface area contributed by atoms with Crippen LogP contribution < -0.4 is 10.1 Å². The molecule has 0 aromatic heterocycles. The van der Waals surface area contributed by atoms with Gasteiger partial charge >= 0.3 is 0 Å². The SMILES string of the molecule is C1=CC2Nc3ccccc3C3(c4ccccc4Oc4ccccc43)C2C=C1. The summed E-state index contributed by atoms with van der Waals surface area (Å²) < 4.78 is 6.34. The van der Waals surface area contributed by atoms with Crippen LogP contribution in [0.25, 0.3) is 0 Å². The summed E-state index contributed by atoms with van der Waals surface area (Å²) in [4.78, 5) is 0. The molecular formula is C25H19NO. The van der Waals surface area contributed by atoms with Gasteiger partial charge < -0.3 is 10.1 Å². The molecule has 0 fully saturated rings. The Morgan fingerprint density at radius 3 is 2.00 bits per heavy atom. The van der Waals surface area contributed by atoms with Gasteiger partial charge in [0.05, 0.1) is 11.5 Å². The Hall–Kier alpha value is -3.26. The number of fused-ring (bicyclic) bond motifs is 8. The molecule has 3 aromatic carbocycles. The Kier molecular flexibility index (Phi) is 2.96. The van der Waals surface area contributed by atoms with E-state index in [1.54, 1.807) is 0 Å². The van der Waals surface area contributed by atoms with Crippen molar-refractivity contribution in [3.8, 4) is 11.5 Å². The fourth-order valence-corrected chi connectivity index (χ4v) is 5.15. The zero-order valence-electron chi connectivity index (χ0n) is 14.8. The highest BCUT2D eigenvalue weighted by molar-refractivity contribution is 5.73. The van der Waals surface area contributed by atoms with Crippen LogP contribution in [-0.2, 0) is 5.41 Å². The predicted octanol–water partition coefficient (Wildman–Crippen LogP) is 5.66. The van der Waals surface area contributed by atoms with Crippen molar-refractivity contribution < 1.29 is 4.74 Å². The smallest absolute Gasteiger partial charge is 0.131 e. The second kappa shape index (κ2) is 5.37. The standard InChI is InChI=1S/C25H19NO/c1-5-13-21-17(9-1)25(18-10-2-6-14-22(18)26-21)19-11-3-7-15-23(19)27-24-16-8-4-12-20(24)25/h1-17,21,26H. The van der Waals surface area contributed by atoms with E-state index in [9.17, 15) is 0 Å². The molecule has 2 heterocycles. The van der Waals surface area contributed by atoms with E-state index in [-0.39, 0.29) is 17.4 Å². The lowest BCUT2D eigenvalue weighted by Gasteiger charge is -2.51. The van der Waals surface area contributed by atoms with E-state index in [4.69, 9.17) is 4.74 Å². The highest BCUT2D eigenvalue weighted by Gasteiger charge is 2.53. The van der Waals surface area contributed by atoms with Crippen molar-refractivity contribution in [3.05, 3.63) is 114 Å². The zero-order chi connectivity index (χ0) is 17.8. The summed E-state index contributed by atoms with van der Waals surface area (Å²) in [5, 5.41) is 3.75. The number of hydrogen-bond donors (Lipinski definition) is 1. The van der Waals surface area contributed by atoms with Gasteiger partial charge in [0.1, 0.15) is 11.5 Å². The minimum Gasteiger partial charge on any atom is -0.457 e. The topological polar surface area (TPSA) is 21.3 Å². The summed E-state index contributed by atoms with van der Waals surface area (Å²) in [6, 6.07) is 26.0. The molecule has 0 bridgehead atoms. The molecule has 2 aliphatic heterocycles. The summed E-state index contributed by atoms with van der Waals surface area (Å²) >= 11 is 0. The lowest BCUT2D eigenvalue weighted by molar-refractivity contribution is 0.348. The molecular weight excluding hydrogens is 330 g/mol. The molecule has 2 atom stereocenters. The van der Waals surface area contributed by atoms with Crippen molar-refractivity contribution in [1.29, 1.82) is 0 Å². The maximum Gasteiger partial charge on any atom is 0.131 e. The van der Waals surface area contributed by atoms with Gasteiger partial charge in [0.2, 0.25) is 0 Å². The van der Waals surface area contributed by atoms with Crippen molar-refractivity contribution in [2.24, 2.45) is 5.92 Å².